The molecule has 0 aliphatic carbocycles. The van der Waals surface area contributed by atoms with Gasteiger partial charge in [-0.05, 0) is 51.8 Å². The first-order valence-corrected chi connectivity index (χ1v) is 7.35. The lowest BCUT2D eigenvalue weighted by atomic mass is 10.2. The maximum Gasteiger partial charge on any atom is 0.122 e. The molecule has 0 fully saturated rings. The number of nitrogens with one attached hydrogen (secondary N) is 1. The van der Waals surface area contributed by atoms with Gasteiger partial charge < -0.3 is 14.8 Å². The summed E-state index contributed by atoms with van der Waals surface area (Å²) >= 11 is 0. The van der Waals surface area contributed by atoms with Crippen LogP contribution >= 0.6 is 0 Å². The highest BCUT2D eigenvalue weighted by atomic mass is 16.5. The Morgan fingerprint density at radius 1 is 1.16 bits per heavy atom. The van der Waals surface area contributed by atoms with E-state index in [4.69, 9.17) is 9.47 Å². The fourth-order valence-corrected chi connectivity index (χ4v) is 1.89. The first-order chi connectivity index (χ1) is 9.26. The summed E-state index contributed by atoms with van der Waals surface area (Å²) in [5.74, 6) is 1.76. The minimum absolute atomic E-state index is 0.568. The SMILES string of the molecule is CCCNC(C)CCCOc1cccc(OCC)c1. The molecule has 1 rings (SSSR count). The molecular formula is C16H27NO2. The van der Waals surface area contributed by atoms with Crippen LogP contribution in [0.1, 0.15) is 40.0 Å². The Labute approximate surface area is 117 Å². The molecular weight excluding hydrogens is 238 g/mol. The van der Waals surface area contributed by atoms with E-state index in [9.17, 15) is 0 Å². The number of hydrogen-bond donors (Lipinski definition) is 1. The molecule has 0 radical (unpaired) electrons. The van der Waals surface area contributed by atoms with Crippen molar-refractivity contribution in [1.29, 1.82) is 0 Å². The van der Waals surface area contributed by atoms with Gasteiger partial charge in [-0.15, -0.1) is 0 Å². The van der Waals surface area contributed by atoms with Gasteiger partial charge in [-0.3, -0.25) is 0 Å². The first-order valence-electron chi connectivity index (χ1n) is 7.35. The van der Waals surface area contributed by atoms with Gasteiger partial charge in [0.1, 0.15) is 11.5 Å². The van der Waals surface area contributed by atoms with E-state index >= 15 is 0 Å². The second-order valence-corrected chi connectivity index (χ2v) is 4.75. The summed E-state index contributed by atoms with van der Waals surface area (Å²) in [6.45, 7) is 8.94. The van der Waals surface area contributed by atoms with Crippen LogP contribution in [0.15, 0.2) is 24.3 Å². The Kier molecular flexibility index (Phi) is 8.07. The van der Waals surface area contributed by atoms with E-state index < -0.39 is 0 Å². The van der Waals surface area contributed by atoms with Crippen LogP contribution in [0.2, 0.25) is 0 Å². The molecule has 3 nitrogen and oxygen atoms in total. The van der Waals surface area contributed by atoms with Gasteiger partial charge in [0, 0.05) is 12.1 Å². The quantitative estimate of drug-likeness (QED) is 0.655. The van der Waals surface area contributed by atoms with Gasteiger partial charge in [0.05, 0.1) is 13.2 Å². The van der Waals surface area contributed by atoms with E-state index in [0.29, 0.717) is 12.6 Å². The molecule has 1 N–H and O–H groups in total. The van der Waals surface area contributed by atoms with Gasteiger partial charge >= 0.3 is 0 Å². The van der Waals surface area contributed by atoms with Gasteiger partial charge in [-0.25, -0.2) is 0 Å². The molecule has 0 aromatic heterocycles. The van der Waals surface area contributed by atoms with Crippen molar-refractivity contribution in [2.45, 2.75) is 46.1 Å². The minimum Gasteiger partial charge on any atom is -0.494 e. The molecule has 1 unspecified atom stereocenters. The average Bonchev–Trinajstić information content (AvgIpc) is 2.42. The lowest BCUT2D eigenvalue weighted by Gasteiger charge is -2.13. The third-order valence-corrected chi connectivity index (χ3v) is 2.91. The highest BCUT2D eigenvalue weighted by Crippen LogP contribution is 2.19. The Hall–Kier alpha value is -1.22. The molecule has 0 heterocycles. The summed E-state index contributed by atoms with van der Waals surface area (Å²) in [5, 5.41) is 3.48. The number of benzene rings is 1. The fourth-order valence-electron chi connectivity index (χ4n) is 1.89. The maximum atomic E-state index is 5.74. The largest absolute Gasteiger partial charge is 0.494 e. The van der Waals surface area contributed by atoms with Gasteiger partial charge in [-0.1, -0.05) is 13.0 Å². The Morgan fingerprint density at radius 2 is 1.89 bits per heavy atom. The van der Waals surface area contributed by atoms with Crippen LogP contribution in [-0.4, -0.2) is 25.8 Å². The van der Waals surface area contributed by atoms with Crippen molar-refractivity contribution in [2.24, 2.45) is 0 Å². The van der Waals surface area contributed by atoms with Crippen molar-refractivity contribution in [3.63, 3.8) is 0 Å². The molecule has 0 bridgehead atoms. The van der Waals surface area contributed by atoms with Crippen LogP contribution in [0, 0.1) is 0 Å². The van der Waals surface area contributed by atoms with E-state index in [1.165, 1.54) is 6.42 Å². The average molecular weight is 265 g/mol. The summed E-state index contributed by atoms with van der Waals surface area (Å²) in [5.41, 5.74) is 0. The fraction of sp³-hybridized carbons (Fsp3) is 0.625. The van der Waals surface area contributed by atoms with E-state index in [0.717, 1.165) is 37.5 Å². The van der Waals surface area contributed by atoms with Gasteiger partial charge in [0.25, 0.3) is 0 Å². The van der Waals surface area contributed by atoms with E-state index in [1.54, 1.807) is 0 Å². The van der Waals surface area contributed by atoms with Crippen LogP contribution < -0.4 is 14.8 Å². The lowest BCUT2D eigenvalue weighted by Crippen LogP contribution is -2.26. The normalized spacial score (nSPS) is 12.2. The molecule has 1 aromatic rings. The Bertz CT molecular complexity index is 341. The standard InChI is InChI=1S/C16H27NO2/c1-4-11-17-14(3)8-7-12-19-16-10-6-9-15(13-16)18-5-2/h6,9-10,13-14,17H,4-5,7-8,11-12H2,1-3H3. The van der Waals surface area contributed by atoms with Crippen LogP contribution in [0.5, 0.6) is 11.5 Å². The zero-order chi connectivity index (χ0) is 13.9. The van der Waals surface area contributed by atoms with Crippen LogP contribution in [0.25, 0.3) is 0 Å². The lowest BCUT2D eigenvalue weighted by molar-refractivity contribution is 0.293. The van der Waals surface area contributed by atoms with Gasteiger partial charge in [0.15, 0.2) is 0 Å². The second kappa shape index (κ2) is 9.68. The first kappa shape index (κ1) is 15.8. The molecule has 0 spiro atoms. The monoisotopic (exact) mass is 265 g/mol. The molecule has 19 heavy (non-hydrogen) atoms. The zero-order valence-corrected chi connectivity index (χ0v) is 12.4. The Balaban J connectivity index is 2.20. The summed E-state index contributed by atoms with van der Waals surface area (Å²) in [6, 6.07) is 8.40. The molecule has 0 amide bonds. The topological polar surface area (TPSA) is 30.5 Å². The van der Waals surface area contributed by atoms with E-state index in [1.807, 2.05) is 31.2 Å². The zero-order valence-electron chi connectivity index (χ0n) is 12.4. The third kappa shape index (κ3) is 7.06. The number of hydrogen-bond acceptors (Lipinski definition) is 3. The van der Waals surface area contributed by atoms with Crippen molar-refractivity contribution >= 4 is 0 Å². The highest BCUT2D eigenvalue weighted by Gasteiger charge is 2.01. The van der Waals surface area contributed by atoms with Gasteiger partial charge in [-0.2, -0.15) is 0 Å². The summed E-state index contributed by atoms with van der Waals surface area (Å²) in [6.07, 6.45) is 3.40. The minimum atomic E-state index is 0.568. The van der Waals surface area contributed by atoms with Crippen molar-refractivity contribution < 1.29 is 9.47 Å². The van der Waals surface area contributed by atoms with Crippen molar-refractivity contribution in [3.05, 3.63) is 24.3 Å². The summed E-state index contributed by atoms with van der Waals surface area (Å²) < 4.78 is 11.2. The van der Waals surface area contributed by atoms with Crippen molar-refractivity contribution in [1.82, 2.24) is 5.32 Å². The molecule has 0 saturated carbocycles. The predicted octanol–water partition coefficient (Wildman–Crippen LogP) is 3.63. The predicted molar refractivity (Wildman–Crippen MR) is 80.1 cm³/mol. The molecule has 0 aliphatic rings. The van der Waals surface area contributed by atoms with E-state index in [2.05, 4.69) is 19.2 Å². The molecule has 108 valence electrons. The summed E-state index contributed by atoms with van der Waals surface area (Å²) in [7, 11) is 0. The van der Waals surface area contributed by atoms with Crippen molar-refractivity contribution in [3.8, 4) is 11.5 Å². The van der Waals surface area contributed by atoms with Crippen LogP contribution in [-0.2, 0) is 0 Å². The molecule has 1 atom stereocenters. The van der Waals surface area contributed by atoms with E-state index in [-0.39, 0.29) is 0 Å². The summed E-state index contributed by atoms with van der Waals surface area (Å²) in [4.78, 5) is 0. The molecule has 1 aromatic carbocycles. The number of ether oxygens (including phenoxy) is 2. The van der Waals surface area contributed by atoms with Crippen LogP contribution in [0.3, 0.4) is 0 Å². The molecule has 0 aliphatic heterocycles. The molecule has 3 heteroatoms. The molecule has 0 saturated heterocycles. The second-order valence-electron chi connectivity index (χ2n) is 4.75. The van der Waals surface area contributed by atoms with Gasteiger partial charge in [0.2, 0.25) is 0 Å². The third-order valence-electron chi connectivity index (χ3n) is 2.91. The van der Waals surface area contributed by atoms with Crippen LogP contribution in [0.4, 0.5) is 0 Å². The Morgan fingerprint density at radius 3 is 2.58 bits per heavy atom. The highest BCUT2D eigenvalue weighted by molar-refractivity contribution is 5.32. The maximum absolute atomic E-state index is 5.74. The smallest absolute Gasteiger partial charge is 0.122 e. The van der Waals surface area contributed by atoms with Crippen molar-refractivity contribution in [2.75, 3.05) is 19.8 Å². The number of rotatable bonds is 10.